The molecule has 1 aliphatic rings. The van der Waals surface area contributed by atoms with E-state index in [1.807, 2.05) is 45.0 Å². The molecule has 0 bridgehead atoms. The molecule has 1 fully saturated rings. The molecule has 8 nitrogen and oxygen atoms in total. The van der Waals surface area contributed by atoms with Gasteiger partial charge >= 0.3 is 0 Å². The average Bonchev–Trinajstić information content (AvgIpc) is 3.06. The van der Waals surface area contributed by atoms with Crippen molar-refractivity contribution in [3.8, 4) is 6.07 Å². The Balaban J connectivity index is 1.76. The molecule has 2 atom stereocenters. The van der Waals surface area contributed by atoms with Gasteiger partial charge in [-0.1, -0.05) is 32.9 Å². The van der Waals surface area contributed by atoms with E-state index >= 15 is 0 Å². The summed E-state index contributed by atoms with van der Waals surface area (Å²) in [6, 6.07) is 11.2. The maximum atomic E-state index is 12.9. The molecule has 1 aliphatic heterocycles. The van der Waals surface area contributed by atoms with E-state index < -0.39 is 11.6 Å². The van der Waals surface area contributed by atoms with Crippen LogP contribution in [0.15, 0.2) is 36.5 Å². The Kier molecular flexibility index (Phi) is 6.11. The second-order valence-electron chi connectivity index (χ2n) is 7.39. The summed E-state index contributed by atoms with van der Waals surface area (Å²) in [7, 11) is 0. The second kappa shape index (κ2) is 8.55. The van der Waals surface area contributed by atoms with Crippen LogP contribution in [0.1, 0.15) is 39.0 Å². The molecule has 1 unspecified atom stereocenters. The zero-order chi connectivity index (χ0) is 21.0. The fourth-order valence-electron chi connectivity index (χ4n) is 3.47. The quantitative estimate of drug-likeness (QED) is 0.619. The molecule has 3 N–H and O–H groups in total. The molecule has 3 rings (SSSR count). The Hall–Kier alpha value is -3.02. The lowest BCUT2D eigenvalue weighted by Crippen LogP contribution is -2.37. The van der Waals surface area contributed by atoms with Crippen molar-refractivity contribution in [2.45, 2.75) is 33.4 Å². The van der Waals surface area contributed by atoms with Crippen molar-refractivity contribution in [2.75, 3.05) is 23.3 Å². The third-order valence-electron chi connectivity index (χ3n) is 5.34. The SMILES string of the molecule is CCNC(O)c1ccc(Nc2nccc(N3CC[C@@](C#N)(C(C)C)C3=O)n2)cc1. The smallest absolute Gasteiger partial charge is 0.248 e. The van der Waals surface area contributed by atoms with Gasteiger partial charge in [-0.05, 0) is 42.6 Å². The van der Waals surface area contributed by atoms with Crippen LogP contribution in [0.3, 0.4) is 0 Å². The van der Waals surface area contributed by atoms with Gasteiger partial charge < -0.3 is 10.4 Å². The summed E-state index contributed by atoms with van der Waals surface area (Å²) >= 11 is 0. The van der Waals surface area contributed by atoms with E-state index in [0.29, 0.717) is 31.3 Å². The van der Waals surface area contributed by atoms with Crippen LogP contribution in [-0.4, -0.2) is 34.1 Å². The summed E-state index contributed by atoms with van der Waals surface area (Å²) in [6.45, 7) is 6.85. The van der Waals surface area contributed by atoms with Crippen molar-refractivity contribution in [3.63, 3.8) is 0 Å². The molecular formula is C21H26N6O2. The van der Waals surface area contributed by atoms with Crippen LogP contribution < -0.4 is 15.5 Å². The fraction of sp³-hybridized carbons (Fsp3) is 0.429. The second-order valence-corrected chi connectivity index (χ2v) is 7.39. The number of anilines is 3. The fourth-order valence-corrected chi connectivity index (χ4v) is 3.47. The molecule has 2 heterocycles. The molecular weight excluding hydrogens is 368 g/mol. The number of aromatic nitrogens is 2. The van der Waals surface area contributed by atoms with Crippen molar-refractivity contribution >= 4 is 23.4 Å². The van der Waals surface area contributed by atoms with Gasteiger partial charge in [-0.2, -0.15) is 10.2 Å². The average molecular weight is 394 g/mol. The molecule has 1 aromatic heterocycles. The first kappa shape index (κ1) is 20.7. The van der Waals surface area contributed by atoms with E-state index in [1.165, 1.54) is 0 Å². The largest absolute Gasteiger partial charge is 0.374 e. The van der Waals surface area contributed by atoms with Crippen molar-refractivity contribution in [1.29, 1.82) is 5.26 Å². The number of aliphatic hydroxyl groups is 1. The monoisotopic (exact) mass is 394 g/mol. The summed E-state index contributed by atoms with van der Waals surface area (Å²) in [6.07, 6.45) is 1.36. The van der Waals surface area contributed by atoms with E-state index in [9.17, 15) is 15.2 Å². The van der Waals surface area contributed by atoms with Crippen molar-refractivity contribution in [3.05, 3.63) is 42.1 Å². The van der Waals surface area contributed by atoms with E-state index in [1.54, 1.807) is 17.2 Å². The molecule has 2 aromatic rings. The highest BCUT2D eigenvalue weighted by Crippen LogP contribution is 2.40. The standard InChI is InChI=1S/C21H26N6O2/c1-4-23-18(28)15-5-7-16(8-6-15)25-20-24-11-9-17(26-20)27-12-10-21(13-22,14(2)3)19(27)29/h5-9,11,14,18,23,28H,4,10,12H2,1-3H3,(H,24,25,26)/t18?,21-/m1/s1. The Bertz CT molecular complexity index is 908. The predicted octanol–water partition coefficient (Wildman–Crippen LogP) is 2.72. The molecule has 1 aromatic carbocycles. The Morgan fingerprint density at radius 1 is 1.31 bits per heavy atom. The highest BCUT2D eigenvalue weighted by Gasteiger charge is 2.50. The van der Waals surface area contributed by atoms with Gasteiger partial charge in [-0.3, -0.25) is 15.0 Å². The van der Waals surface area contributed by atoms with Crippen LogP contribution in [0, 0.1) is 22.7 Å². The topological polar surface area (TPSA) is 114 Å². The van der Waals surface area contributed by atoms with Crippen molar-refractivity contribution in [1.82, 2.24) is 15.3 Å². The van der Waals surface area contributed by atoms with Gasteiger partial charge in [-0.25, -0.2) is 4.98 Å². The van der Waals surface area contributed by atoms with Gasteiger partial charge in [0.05, 0.1) is 6.07 Å². The van der Waals surface area contributed by atoms with Gasteiger partial charge in [-0.15, -0.1) is 0 Å². The minimum Gasteiger partial charge on any atom is -0.374 e. The predicted molar refractivity (Wildman–Crippen MR) is 110 cm³/mol. The van der Waals surface area contributed by atoms with E-state index in [0.717, 1.165) is 11.3 Å². The van der Waals surface area contributed by atoms with Crippen LogP contribution in [0.4, 0.5) is 17.5 Å². The first-order chi connectivity index (χ1) is 13.9. The first-order valence-corrected chi connectivity index (χ1v) is 9.76. The normalized spacial score (nSPS) is 20.0. The van der Waals surface area contributed by atoms with Crippen molar-refractivity contribution in [2.24, 2.45) is 11.3 Å². The third kappa shape index (κ3) is 4.06. The number of rotatable bonds is 7. The lowest BCUT2D eigenvalue weighted by atomic mass is 9.77. The highest BCUT2D eigenvalue weighted by atomic mass is 16.3. The number of carbonyl (C=O) groups is 1. The summed E-state index contributed by atoms with van der Waals surface area (Å²) in [4.78, 5) is 23.2. The Morgan fingerprint density at radius 3 is 2.62 bits per heavy atom. The van der Waals surface area contributed by atoms with E-state index in [-0.39, 0.29) is 11.8 Å². The minimum absolute atomic E-state index is 0.0690. The minimum atomic E-state index is -0.998. The molecule has 1 amide bonds. The number of benzene rings is 1. The van der Waals surface area contributed by atoms with Crippen molar-refractivity contribution < 1.29 is 9.90 Å². The number of nitrogens with one attached hydrogen (secondary N) is 2. The molecule has 152 valence electrons. The van der Waals surface area contributed by atoms with Gasteiger partial charge in [0.25, 0.3) is 0 Å². The molecule has 8 heteroatoms. The third-order valence-corrected chi connectivity index (χ3v) is 5.34. The summed E-state index contributed by atoms with van der Waals surface area (Å²) < 4.78 is 0. The van der Waals surface area contributed by atoms with E-state index in [4.69, 9.17) is 0 Å². The van der Waals surface area contributed by atoms with Crippen LogP contribution in [-0.2, 0) is 4.79 Å². The number of hydrogen-bond donors (Lipinski definition) is 3. The summed E-state index contributed by atoms with van der Waals surface area (Å²) in [5.41, 5.74) is 0.522. The molecule has 0 spiro atoms. The number of nitrogens with zero attached hydrogens (tertiary/aromatic N) is 4. The lowest BCUT2D eigenvalue weighted by molar-refractivity contribution is -0.124. The first-order valence-electron chi connectivity index (χ1n) is 9.76. The van der Waals surface area contributed by atoms with Crippen LogP contribution in [0.2, 0.25) is 0 Å². The zero-order valence-corrected chi connectivity index (χ0v) is 16.9. The Labute approximate surface area is 170 Å². The highest BCUT2D eigenvalue weighted by molar-refractivity contribution is 6.01. The number of nitriles is 1. The summed E-state index contributed by atoms with van der Waals surface area (Å²) in [5, 5.41) is 25.6. The molecule has 29 heavy (non-hydrogen) atoms. The van der Waals surface area contributed by atoms with Gasteiger partial charge in [0.15, 0.2) is 0 Å². The van der Waals surface area contributed by atoms with Gasteiger partial charge in [0, 0.05) is 18.4 Å². The number of amides is 1. The van der Waals surface area contributed by atoms with Crippen LogP contribution >= 0.6 is 0 Å². The van der Waals surface area contributed by atoms with E-state index in [2.05, 4.69) is 26.7 Å². The summed E-state index contributed by atoms with van der Waals surface area (Å²) in [5.74, 6) is 0.556. The zero-order valence-electron chi connectivity index (χ0n) is 16.9. The molecule has 0 aliphatic carbocycles. The maximum absolute atomic E-state index is 12.9. The van der Waals surface area contributed by atoms with Gasteiger partial charge in [0.1, 0.15) is 17.5 Å². The molecule has 0 saturated carbocycles. The molecule has 1 saturated heterocycles. The number of carbonyl (C=O) groups excluding carboxylic acids is 1. The number of hydrogen-bond acceptors (Lipinski definition) is 7. The number of aliphatic hydroxyl groups excluding tert-OH is 1. The van der Waals surface area contributed by atoms with Crippen LogP contribution in [0.25, 0.3) is 0 Å². The van der Waals surface area contributed by atoms with Gasteiger partial charge in [0.2, 0.25) is 11.9 Å². The lowest BCUT2D eigenvalue weighted by Gasteiger charge is -2.24. The Morgan fingerprint density at radius 2 is 2.03 bits per heavy atom. The molecule has 0 radical (unpaired) electrons. The van der Waals surface area contributed by atoms with Crippen LogP contribution in [0.5, 0.6) is 0 Å². The maximum Gasteiger partial charge on any atom is 0.248 e.